The molecule has 1 aliphatic heterocycles. The molecule has 2 rings (SSSR count). The van der Waals surface area contributed by atoms with E-state index in [0.717, 1.165) is 35.1 Å². The van der Waals surface area contributed by atoms with Gasteiger partial charge in [0.2, 0.25) is 0 Å². The first-order valence-corrected chi connectivity index (χ1v) is 19.4. The Labute approximate surface area is 332 Å². The monoisotopic (exact) mass is 759 g/mol. The highest BCUT2D eigenvalue weighted by Gasteiger charge is 2.46. The van der Waals surface area contributed by atoms with Gasteiger partial charge in [-0.05, 0) is 86.1 Å². The van der Waals surface area contributed by atoms with Crippen molar-refractivity contribution < 1.29 is 34.3 Å². The molecular formula is C48H70O7. The van der Waals surface area contributed by atoms with Gasteiger partial charge in [0, 0.05) is 14.2 Å². The predicted molar refractivity (Wildman–Crippen MR) is 228 cm³/mol. The van der Waals surface area contributed by atoms with Crippen LogP contribution in [0.2, 0.25) is 0 Å². The van der Waals surface area contributed by atoms with Crippen molar-refractivity contribution in [2.45, 2.75) is 138 Å². The van der Waals surface area contributed by atoms with Crippen LogP contribution >= 0.6 is 0 Å². The van der Waals surface area contributed by atoms with Gasteiger partial charge in [0.05, 0.1) is 17.8 Å². The Hall–Kier alpha value is -3.40. The molecular weight excluding hydrogens is 689 g/mol. The first-order chi connectivity index (χ1) is 25.8. The minimum Gasteiger partial charge on any atom is -0.393 e. The summed E-state index contributed by atoms with van der Waals surface area (Å²) in [6.45, 7) is 22.0. The molecule has 5 unspecified atom stereocenters. The van der Waals surface area contributed by atoms with Crippen LogP contribution in [-0.2, 0) is 18.9 Å². The molecule has 0 bridgehead atoms. The molecule has 0 aromatic rings. The van der Waals surface area contributed by atoms with Gasteiger partial charge in [-0.1, -0.05) is 151 Å². The Balaban J connectivity index is 1.92. The lowest BCUT2D eigenvalue weighted by Gasteiger charge is -2.44. The Morgan fingerprint density at radius 3 is 1.65 bits per heavy atom. The SMILES string of the molecule is COC1C(C)OC(O[C@@H](/C=C/C(C)=C/C=C/C(C)=C/C=C/C(C)=C/C=C/C=C(C)/C=C/C=C(C)/C=C/C2=C(C)C[C@@H](O)CC2(C)C)C(C)(C)O)C(OC)C1O. The van der Waals surface area contributed by atoms with Gasteiger partial charge >= 0.3 is 0 Å². The molecule has 0 amide bonds. The van der Waals surface area contributed by atoms with Crippen LogP contribution in [0.4, 0.5) is 0 Å². The lowest BCUT2D eigenvalue weighted by Crippen LogP contribution is -2.60. The Bertz CT molecular complexity index is 1610. The van der Waals surface area contributed by atoms with Crippen molar-refractivity contribution in [2.75, 3.05) is 14.2 Å². The second-order valence-corrected chi connectivity index (χ2v) is 16.2. The highest BCUT2D eigenvalue weighted by atomic mass is 16.7. The maximum absolute atomic E-state index is 10.8. The molecule has 0 radical (unpaired) electrons. The Kier molecular flexibility index (Phi) is 20.0. The number of methoxy groups -OCH3 is 2. The summed E-state index contributed by atoms with van der Waals surface area (Å²) < 4.78 is 23.0. The Morgan fingerprint density at radius 1 is 0.745 bits per heavy atom. The largest absolute Gasteiger partial charge is 0.393 e. The molecule has 7 atom stereocenters. The summed E-state index contributed by atoms with van der Waals surface area (Å²) in [5.41, 5.74) is 6.93. The number of rotatable bonds is 17. The summed E-state index contributed by atoms with van der Waals surface area (Å²) in [6, 6.07) is 0. The van der Waals surface area contributed by atoms with E-state index in [9.17, 15) is 15.3 Å². The van der Waals surface area contributed by atoms with Crippen molar-refractivity contribution >= 4 is 0 Å². The first kappa shape index (κ1) is 47.8. The lowest BCUT2D eigenvalue weighted by molar-refractivity contribution is -0.316. The number of allylic oxidation sites excluding steroid dienone is 22. The average molecular weight is 759 g/mol. The average Bonchev–Trinajstić information content (AvgIpc) is 3.07. The molecule has 7 heteroatoms. The number of ether oxygens (including phenoxy) is 4. The smallest absolute Gasteiger partial charge is 0.187 e. The zero-order valence-electron chi connectivity index (χ0n) is 35.7. The van der Waals surface area contributed by atoms with Crippen LogP contribution in [0.15, 0.2) is 142 Å². The van der Waals surface area contributed by atoms with Crippen molar-refractivity contribution in [1.29, 1.82) is 0 Å². The van der Waals surface area contributed by atoms with Gasteiger partial charge in [-0.2, -0.15) is 0 Å². The molecule has 0 spiro atoms. The summed E-state index contributed by atoms with van der Waals surface area (Å²) in [5, 5.41) is 31.7. The van der Waals surface area contributed by atoms with E-state index < -0.39 is 42.4 Å². The van der Waals surface area contributed by atoms with E-state index in [2.05, 4.69) is 96.2 Å². The van der Waals surface area contributed by atoms with Gasteiger partial charge in [0.25, 0.3) is 0 Å². The van der Waals surface area contributed by atoms with Gasteiger partial charge in [-0.15, -0.1) is 0 Å². The van der Waals surface area contributed by atoms with Crippen molar-refractivity contribution in [3.8, 4) is 0 Å². The topological polar surface area (TPSA) is 97.6 Å². The van der Waals surface area contributed by atoms with Crippen LogP contribution in [0, 0.1) is 5.41 Å². The molecule has 0 saturated carbocycles. The molecule has 7 nitrogen and oxygen atoms in total. The zero-order chi connectivity index (χ0) is 41.3. The fourth-order valence-corrected chi connectivity index (χ4v) is 6.66. The van der Waals surface area contributed by atoms with E-state index in [-0.39, 0.29) is 11.5 Å². The van der Waals surface area contributed by atoms with E-state index in [0.29, 0.717) is 0 Å². The molecule has 1 fully saturated rings. The quantitative estimate of drug-likeness (QED) is 0.127. The van der Waals surface area contributed by atoms with Gasteiger partial charge in [-0.25, -0.2) is 0 Å². The molecule has 1 saturated heterocycles. The van der Waals surface area contributed by atoms with Crippen LogP contribution in [0.5, 0.6) is 0 Å². The van der Waals surface area contributed by atoms with E-state index in [1.165, 1.54) is 30.9 Å². The van der Waals surface area contributed by atoms with Gasteiger partial charge < -0.3 is 34.3 Å². The predicted octanol–water partition coefficient (Wildman–Crippen LogP) is 9.84. The summed E-state index contributed by atoms with van der Waals surface area (Å²) in [6.07, 6.45) is 31.9. The minimum absolute atomic E-state index is 0.0146. The Morgan fingerprint density at radius 2 is 1.20 bits per heavy atom. The van der Waals surface area contributed by atoms with E-state index in [4.69, 9.17) is 18.9 Å². The fourth-order valence-electron chi connectivity index (χ4n) is 6.66. The second-order valence-electron chi connectivity index (χ2n) is 16.2. The molecule has 304 valence electrons. The third-order valence-electron chi connectivity index (χ3n) is 9.78. The van der Waals surface area contributed by atoms with Crippen LogP contribution in [0.25, 0.3) is 0 Å². The zero-order valence-corrected chi connectivity index (χ0v) is 35.7. The van der Waals surface area contributed by atoms with Crippen molar-refractivity contribution in [1.82, 2.24) is 0 Å². The van der Waals surface area contributed by atoms with Gasteiger partial charge in [-0.3, -0.25) is 0 Å². The number of aliphatic hydroxyl groups is 3. The van der Waals surface area contributed by atoms with Crippen LogP contribution < -0.4 is 0 Å². The number of hydrogen-bond donors (Lipinski definition) is 3. The molecule has 1 heterocycles. The summed E-state index contributed by atoms with van der Waals surface area (Å²) in [4.78, 5) is 0. The van der Waals surface area contributed by atoms with Crippen LogP contribution in [-0.4, -0.2) is 78.1 Å². The van der Waals surface area contributed by atoms with Crippen LogP contribution in [0.1, 0.15) is 89.0 Å². The first-order valence-electron chi connectivity index (χ1n) is 19.4. The maximum atomic E-state index is 10.8. The molecule has 1 aliphatic carbocycles. The third kappa shape index (κ3) is 16.7. The molecule has 2 aliphatic rings. The molecule has 3 N–H and O–H groups in total. The highest BCUT2D eigenvalue weighted by molar-refractivity contribution is 5.38. The maximum Gasteiger partial charge on any atom is 0.187 e. The summed E-state index contributed by atoms with van der Waals surface area (Å²) in [5.74, 6) is 0. The van der Waals surface area contributed by atoms with E-state index in [1.54, 1.807) is 19.9 Å². The van der Waals surface area contributed by atoms with Crippen molar-refractivity contribution in [3.63, 3.8) is 0 Å². The number of hydrogen-bond acceptors (Lipinski definition) is 7. The standard InChI is InChI=1S/C48H70O7/c1-33(19-14-15-20-34(2)22-17-25-36(4)27-29-41-38(6)31-40(49)32-47(41,8)9)21-16-23-35(3)24-18-26-37(5)28-30-42(48(10,11)51)55-46-45(53-13)43(50)44(52-12)39(7)54-46/h14-30,39-40,42-46,49-51H,31-32H2,1-13H3/b15-14+,21-16+,22-17+,24-18+,29-27+,30-28+,33-19+,34-20+,35-23+,36-25+,37-26+/t39?,40-,42+,43?,44?,45?,46?/m1/s1. The normalized spacial score (nSPS) is 27.7. The van der Waals surface area contributed by atoms with Crippen LogP contribution in [0.3, 0.4) is 0 Å². The third-order valence-corrected chi connectivity index (χ3v) is 9.78. The fraction of sp³-hybridized carbons (Fsp3) is 0.500. The second kappa shape index (κ2) is 23.0. The molecule has 0 aromatic carbocycles. The van der Waals surface area contributed by atoms with Gasteiger partial charge in [0.1, 0.15) is 24.4 Å². The van der Waals surface area contributed by atoms with Gasteiger partial charge in [0.15, 0.2) is 6.29 Å². The summed E-state index contributed by atoms with van der Waals surface area (Å²) in [7, 11) is 3.01. The number of aliphatic hydroxyl groups excluding tert-OH is 2. The van der Waals surface area contributed by atoms with E-state index >= 15 is 0 Å². The highest BCUT2D eigenvalue weighted by Crippen LogP contribution is 2.41. The van der Waals surface area contributed by atoms with Crippen molar-refractivity contribution in [3.05, 3.63) is 142 Å². The summed E-state index contributed by atoms with van der Waals surface area (Å²) >= 11 is 0. The van der Waals surface area contributed by atoms with Crippen molar-refractivity contribution in [2.24, 2.45) is 5.41 Å². The lowest BCUT2D eigenvalue weighted by atomic mass is 9.71. The van der Waals surface area contributed by atoms with E-state index in [1.807, 2.05) is 63.3 Å². The molecule has 55 heavy (non-hydrogen) atoms. The minimum atomic E-state index is -1.21. The molecule has 0 aromatic heterocycles.